The van der Waals surface area contributed by atoms with E-state index >= 15 is 0 Å². The summed E-state index contributed by atoms with van der Waals surface area (Å²) in [5.74, 6) is -1.06. The first-order chi connectivity index (χ1) is 24.3. The first kappa shape index (κ1) is 34.1. The summed E-state index contributed by atoms with van der Waals surface area (Å²) in [6, 6.07) is 41.9. The molecule has 1 heterocycles. The lowest BCUT2D eigenvalue weighted by Crippen LogP contribution is -2.30. The van der Waals surface area contributed by atoms with E-state index in [1.54, 1.807) is 42.5 Å². The number of carbonyl (C=O) groups is 3. The van der Waals surface area contributed by atoms with Crippen LogP contribution in [0.25, 0.3) is 28.5 Å². The summed E-state index contributed by atoms with van der Waals surface area (Å²) in [6.45, 7) is 3.86. The van der Waals surface area contributed by atoms with Gasteiger partial charge in [0, 0.05) is 27.1 Å². The number of hydrogen-bond donors (Lipinski definition) is 3. The Hall–Kier alpha value is -5.77. The average Bonchev–Trinajstić information content (AvgIpc) is 3.61. The molecule has 0 saturated carbocycles. The summed E-state index contributed by atoms with van der Waals surface area (Å²) < 4.78 is 0. The van der Waals surface area contributed by atoms with E-state index in [2.05, 4.69) is 20.9 Å². The van der Waals surface area contributed by atoms with E-state index in [1.807, 2.05) is 116 Å². The third kappa shape index (κ3) is 9.02. The molecule has 7 nitrogen and oxygen atoms in total. The van der Waals surface area contributed by atoms with Crippen LogP contribution in [0.4, 0.5) is 10.8 Å². The van der Waals surface area contributed by atoms with Crippen molar-refractivity contribution in [3.8, 4) is 22.4 Å². The minimum atomic E-state index is -0.484. The minimum Gasteiger partial charge on any atom is -0.321 e. The number of aryl methyl sites for hydroxylation is 1. The van der Waals surface area contributed by atoms with Gasteiger partial charge in [-0.15, -0.1) is 23.1 Å². The lowest BCUT2D eigenvalue weighted by molar-refractivity contribution is -0.115. The van der Waals surface area contributed by atoms with Gasteiger partial charge in [0.05, 0.1) is 10.9 Å². The molecule has 0 fully saturated rings. The highest BCUT2D eigenvalue weighted by Crippen LogP contribution is 2.29. The Bertz CT molecular complexity index is 2130. The average molecular weight is 695 g/mol. The smallest absolute Gasteiger partial charge is 0.272 e. The fourth-order valence-corrected chi connectivity index (χ4v) is 6.66. The second-order valence-corrected chi connectivity index (χ2v) is 13.8. The molecule has 9 heteroatoms. The molecule has 0 aliphatic rings. The molecular formula is C41H34N4O3S2. The van der Waals surface area contributed by atoms with Crippen molar-refractivity contribution in [3.05, 3.63) is 161 Å². The number of carbonyl (C=O) groups excluding carboxylic acids is 3. The van der Waals surface area contributed by atoms with Crippen LogP contribution in [-0.2, 0) is 9.59 Å². The zero-order valence-electron chi connectivity index (χ0n) is 27.4. The van der Waals surface area contributed by atoms with E-state index in [9.17, 15) is 14.4 Å². The summed E-state index contributed by atoms with van der Waals surface area (Å²) in [6.07, 6.45) is 1.65. The SMILES string of the molecule is Cc1ccc(-c2csc(NC(=O)C(C)Sc3cccc(NC(=O)/C(=C\c4ccc(-c5ccccc5)cc4)NC(=O)c4ccccc4)c3)n2)cc1. The Labute approximate surface area is 299 Å². The van der Waals surface area contributed by atoms with Crippen LogP contribution in [0, 0.1) is 6.92 Å². The molecule has 248 valence electrons. The maximum atomic E-state index is 13.7. The van der Waals surface area contributed by atoms with Gasteiger partial charge < -0.3 is 16.0 Å². The summed E-state index contributed by atoms with van der Waals surface area (Å²) in [4.78, 5) is 45.2. The normalized spacial score (nSPS) is 11.8. The Morgan fingerprint density at radius 1 is 0.740 bits per heavy atom. The van der Waals surface area contributed by atoms with Gasteiger partial charge in [-0.05, 0) is 66.9 Å². The highest BCUT2D eigenvalue weighted by molar-refractivity contribution is 8.00. The maximum Gasteiger partial charge on any atom is 0.272 e. The predicted molar refractivity (Wildman–Crippen MR) is 205 cm³/mol. The van der Waals surface area contributed by atoms with Crippen LogP contribution < -0.4 is 16.0 Å². The second kappa shape index (κ2) is 16.1. The van der Waals surface area contributed by atoms with E-state index in [0.717, 1.165) is 32.8 Å². The highest BCUT2D eigenvalue weighted by Gasteiger charge is 2.18. The molecule has 3 N–H and O–H groups in total. The van der Waals surface area contributed by atoms with Crippen LogP contribution in [0.3, 0.4) is 0 Å². The van der Waals surface area contributed by atoms with Crippen molar-refractivity contribution in [2.75, 3.05) is 10.6 Å². The van der Waals surface area contributed by atoms with Crippen LogP contribution in [0.2, 0.25) is 0 Å². The van der Waals surface area contributed by atoms with Gasteiger partial charge in [-0.1, -0.05) is 109 Å². The number of nitrogens with zero attached hydrogens (tertiary/aromatic N) is 1. The molecule has 0 aliphatic carbocycles. The van der Waals surface area contributed by atoms with Crippen LogP contribution in [0.5, 0.6) is 0 Å². The van der Waals surface area contributed by atoms with Gasteiger partial charge in [-0.2, -0.15) is 0 Å². The van der Waals surface area contributed by atoms with Crippen molar-refractivity contribution in [2.24, 2.45) is 0 Å². The van der Waals surface area contributed by atoms with Crippen LogP contribution >= 0.6 is 23.1 Å². The lowest BCUT2D eigenvalue weighted by Gasteiger charge is -2.14. The van der Waals surface area contributed by atoms with Gasteiger partial charge >= 0.3 is 0 Å². The second-order valence-electron chi connectivity index (χ2n) is 11.5. The molecule has 0 spiro atoms. The van der Waals surface area contributed by atoms with Crippen molar-refractivity contribution >= 4 is 57.7 Å². The van der Waals surface area contributed by atoms with Gasteiger partial charge in [0.1, 0.15) is 5.70 Å². The standard InChI is InChI=1S/C41H34N4O3S2/c1-27-16-20-32(21-17-27)37-26-49-41(44-37)45-38(46)28(2)50-35-15-9-14-34(25-35)42-40(48)36(43-39(47)33-12-7-4-8-13-33)24-29-18-22-31(23-19-29)30-10-5-3-6-11-30/h3-26,28H,1-2H3,(H,42,48)(H,43,47)(H,44,45,46)/b36-24+. The predicted octanol–water partition coefficient (Wildman–Crippen LogP) is 9.31. The summed E-state index contributed by atoms with van der Waals surface area (Å²) in [7, 11) is 0. The Morgan fingerprint density at radius 2 is 1.40 bits per heavy atom. The number of aromatic nitrogens is 1. The first-order valence-electron chi connectivity index (χ1n) is 16.0. The molecule has 1 aromatic heterocycles. The number of thioether (sulfide) groups is 1. The lowest BCUT2D eigenvalue weighted by atomic mass is 10.0. The Balaban J connectivity index is 1.14. The Morgan fingerprint density at radius 3 is 2.12 bits per heavy atom. The van der Waals surface area contributed by atoms with E-state index in [4.69, 9.17) is 0 Å². The number of thiazole rings is 1. The monoisotopic (exact) mass is 694 g/mol. The van der Waals surface area contributed by atoms with E-state index < -0.39 is 17.1 Å². The number of rotatable bonds is 11. The quantitative estimate of drug-likeness (QED) is 0.0928. The van der Waals surface area contributed by atoms with Gasteiger partial charge in [-0.25, -0.2) is 4.98 Å². The Kier molecular flexibility index (Phi) is 11.0. The highest BCUT2D eigenvalue weighted by atomic mass is 32.2. The topological polar surface area (TPSA) is 100 Å². The number of amides is 3. The molecule has 50 heavy (non-hydrogen) atoms. The van der Waals surface area contributed by atoms with Crippen LogP contribution in [-0.4, -0.2) is 28.0 Å². The van der Waals surface area contributed by atoms with E-state index in [0.29, 0.717) is 16.4 Å². The van der Waals surface area contributed by atoms with Crippen LogP contribution in [0.15, 0.2) is 149 Å². The van der Waals surface area contributed by atoms with Crippen molar-refractivity contribution in [1.82, 2.24) is 10.3 Å². The van der Waals surface area contributed by atoms with Crippen molar-refractivity contribution in [1.29, 1.82) is 0 Å². The van der Waals surface area contributed by atoms with Gasteiger partial charge in [0.25, 0.3) is 11.8 Å². The van der Waals surface area contributed by atoms with Gasteiger partial charge in [0.15, 0.2) is 5.13 Å². The molecule has 5 aromatic carbocycles. The van der Waals surface area contributed by atoms with E-state index in [1.165, 1.54) is 28.7 Å². The molecule has 3 amide bonds. The molecular weight excluding hydrogens is 661 g/mol. The largest absolute Gasteiger partial charge is 0.321 e. The van der Waals surface area contributed by atoms with E-state index in [-0.39, 0.29) is 11.6 Å². The molecule has 6 rings (SSSR count). The number of anilines is 2. The summed E-state index contributed by atoms with van der Waals surface area (Å²) >= 11 is 2.74. The number of benzene rings is 5. The third-order valence-electron chi connectivity index (χ3n) is 7.71. The number of hydrogen-bond acceptors (Lipinski definition) is 6. The van der Waals surface area contributed by atoms with Gasteiger partial charge in [-0.3, -0.25) is 14.4 Å². The first-order valence-corrected chi connectivity index (χ1v) is 17.7. The zero-order valence-corrected chi connectivity index (χ0v) is 29.1. The van der Waals surface area contributed by atoms with Crippen molar-refractivity contribution in [2.45, 2.75) is 24.0 Å². The van der Waals surface area contributed by atoms with Crippen molar-refractivity contribution in [3.63, 3.8) is 0 Å². The maximum absolute atomic E-state index is 13.7. The van der Waals surface area contributed by atoms with Gasteiger partial charge in [0.2, 0.25) is 5.91 Å². The molecule has 1 atom stereocenters. The molecule has 6 aromatic rings. The molecule has 0 bridgehead atoms. The van der Waals surface area contributed by atoms with Crippen LogP contribution in [0.1, 0.15) is 28.4 Å². The minimum absolute atomic E-state index is 0.0885. The fourth-order valence-electron chi connectivity index (χ4n) is 5.01. The van der Waals surface area contributed by atoms with Crippen molar-refractivity contribution < 1.29 is 14.4 Å². The molecule has 0 aliphatic heterocycles. The zero-order chi connectivity index (χ0) is 34.9. The third-order valence-corrected chi connectivity index (χ3v) is 9.56. The molecule has 1 unspecified atom stereocenters. The molecule has 0 radical (unpaired) electrons. The molecule has 0 saturated heterocycles. The number of nitrogens with one attached hydrogen (secondary N) is 3. The summed E-state index contributed by atoms with van der Waals surface area (Å²) in [5, 5.41) is 10.7. The fraction of sp³-hybridized carbons (Fsp3) is 0.0732. The summed E-state index contributed by atoms with van der Waals surface area (Å²) in [5.41, 5.74) is 6.89.